The van der Waals surface area contributed by atoms with Gasteiger partial charge in [-0.25, -0.2) is 9.59 Å². The molecule has 0 saturated carbocycles. The lowest BCUT2D eigenvalue weighted by atomic mass is 10.0. The number of carbonyl (C=O) groups excluding carboxylic acids is 3. The number of aromatic nitrogens is 1. The van der Waals surface area contributed by atoms with E-state index < -0.39 is 47.7 Å². The minimum Gasteiger partial charge on any atom is -0.497 e. The second-order valence-corrected chi connectivity index (χ2v) is 11.4. The summed E-state index contributed by atoms with van der Waals surface area (Å²) < 4.78 is 27.8. The van der Waals surface area contributed by atoms with E-state index in [-0.39, 0.29) is 13.0 Å². The van der Waals surface area contributed by atoms with Crippen LogP contribution < -0.4 is 4.74 Å². The Hall–Kier alpha value is -3.82. The molecule has 0 radical (unpaired) electrons. The van der Waals surface area contributed by atoms with E-state index in [0.717, 1.165) is 5.56 Å². The normalized spacial score (nSPS) is 19.3. The number of benzene rings is 1. The average Bonchev–Trinajstić information content (AvgIpc) is 3.14. The first-order valence-corrected chi connectivity index (χ1v) is 12.8. The van der Waals surface area contributed by atoms with Crippen LogP contribution in [0.15, 0.2) is 48.8 Å². The topological polar surface area (TPSA) is 113 Å². The molecular weight excluding hydrogens is 504 g/mol. The Bertz CT molecular complexity index is 1120. The van der Waals surface area contributed by atoms with Gasteiger partial charge in [-0.1, -0.05) is 18.2 Å². The van der Waals surface area contributed by atoms with Crippen molar-refractivity contribution in [2.24, 2.45) is 0 Å². The summed E-state index contributed by atoms with van der Waals surface area (Å²) in [5, 5.41) is 0. The molecule has 212 valence electrons. The standard InChI is InChI=1S/C29H38N2O8/c1-28(2,3)38-26(33)31-18-23(36-27(34)39-29(4,5)6)25(37-24(32)16-20-9-8-14-30-17-20)22(31)15-19-10-12-21(35-7)13-11-19/h8-14,17,22-23,25H,15-16,18H2,1-7H3/t22-,23+,25+/m1/s1. The van der Waals surface area contributed by atoms with Gasteiger partial charge in [-0.2, -0.15) is 0 Å². The number of rotatable bonds is 7. The van der Waals surface area contributed by atoms with Crippen LogP contribution in [0.3, 0.4) is 0 Å². The number of amides is 1. The number of hydrogen-bond acceptors (Lipinski definition) is 9. The van der Waals surface area contributed by atoms with Gasteiger partial charge in [0.25, 0.3) is 0 Å². The molecule has 1 amide bonds. The van der Waals surface area contributed by atoms with Crippen molar-refractivity contribution >= 4 is 18.2 Å². The summed E-state index contributed by atoms with van der Waals surface area (Å²) in [6.07, 6.45) is -0.0237. The lowest BCUT2D eigenvalue weighted by Crippen LogP contribution is -2.45. The van der Waals surface area contributed by atoms with Crippen molar-refractivity contribution in [3.63, 3.8) is 0 Å². The third kappa shape index (κ3) is 9.15. The summed E-state index contributed by atoms with van der Waals surface area (Å²) in [4.78, 5) is 44.5. The summed E-state index contributed by atoms with van der Waals surface area (Å²) >= 11 is 0. The molecule has 10 heteroatoms. The Balaban J connectivity index is 1.93. The van der Waals surface area contributed by atoms with E-state index in [0.29, 0.717) is 17.7 Å². The van der Waals surface area contributed by atoms with Crippen molar-refractivity contribution < 1.29 is 38.1 Å². The van der Waals surface area contributed by atoms with Crippen molar-refractivity contribution in [2.75, 3.05) is 13.7 Å². The van der Waals surface area contributed by atoms with E-state index in [9.17, 15) is 14.4 Å². The highest BCUT2D eigenvalue weighted by atomic mass is 16.7. The molecule has 10 nitrogen and oxygen atoms in total. The molecule has 1 aliphatic heterocycles. The van der Waals surface area contributed by atoms with Crippen LogP contribution in [0.25, 0.3) is 0 Å². The van der Waals surface area contributed by atoms with Gasteiger partial charge in [-0.15, -0.1) is 0 Å². The van der Waals surface area contributed by atoms with Gasteiger partial charge >= 0.3 is 18.2 Å². The van der Waals surface area contributed by atoms with Crippen molar-refractivity contribution in [1.82, 2.24) is 9.88 Å². The van der Waals surface area contributed by atoms with E-state index in [1.807, 2.05) is 12.1 Å². The highest BCUT2D eigenvalue weighted by Gasteiger charge is 2.50. The predicted molar refractivity (Wildman–Crippen MR) is 142 cm³/mol. The van der Waals surface area contributed by atoms with Crippen molar-refractivity contribution in [3.05, 3.63) is 59.9 Å². The Morgan fingerprint density at radius 3 is 2.15 bits per heavy atom. The van der Waals surface area contributed by atoms with Crippen LogP contribution in [-0.4, -0.2) is 71.2 Å². The maximum absolute atomic E-state index is 13.3. The number of likely N-dealkylation sites (tertiary alicyclic amines) is 1. The Morgan fingerprint density at radius 1 is 0.923 bits per heavy atom. The lowest BCUT2D eigenvalue weighted by molar-refractivity contribution is -0.155. The maximum atomic E-state index is 13.3. The largest absolute Gasteiger partial charge is 0.509 e. The molecule has 0 bridgehead atoms. The van der Waals surface area contributed by atoms with Crippen LogP contribution in [0.4, 0.5) is 9.59 Å². The van der Waals surface area contributed by atoms with Gasteiger partial charge in [0.1, 0.15) is 17.0 Å². The minimum absolute atomic E-state index is 0.0365. The smallest absolute Gasteiger partial charge is 0.497 e. The van der Waals surface area contributed by atoms with Gasteiger partial charge in [0, 0.05) is 12.4 Å². The molecule has 1 saturated heterocycles. The summed E-state index contributed by atoms with van der Waals surface area (Å²) in [6, 6.07) is 10.1. The number of pyridine rings is 1. The zero-order valence-corrected chi connectivity index (χ0v) is 23.6. The summed E-state index contributed by atoms with van der Waals surface area (Å²) in [6.45, 7) is 10.4. The molecule has 2 heterocycles. The second-order valence-electron chi connectivity index (χ2n) is 11.4. The fourth-order valence-electron chi connectivity index (χ4n) is 4.14. The monoisotopic (exact) mass is 542 g/mol. The fraction of sp³-hybridized carbons (Fsp3) is 0.517. The lowest BCUT2D eigenvalue weighted by Gasteiger charge is -2.30. The first-order valence-electron chi connectivity index (χ1n) is 12.8. The highest BCUT2D eigenvalue weighted by molar-refractivity contribution is 5.74. The van der Waals surface area contributed by atoms with Crippen LogP contribution in [0.5, 0.6) is 5.75 Å². The van der Waals surface area contributed by atoms with Crippen LogP contribution in [-0.2, 0) is 36.6 Å². The second kappa shape index (κ2) is 12.4. The average molecular weight is 543 g/mol. The molecule has 1 aromatic heterocycles. The van der Waals surface area contributed by atoms with Gasteiger partial charge < -0.3 is 23.7 Å². The zero-order valence-electron chi connectivity index (χ0n) is 23.6. The number of ether oxygens (including phenoxy) is 5. The summed E-state index contributed by atoms with van der Waals surface area (Å²) in [5.41, 5.74) is -0.0326. The Morgan fingerprint density at radius 2 is 1.59 bits per heavy atom. The molecule has 0 aliphatic carbocycles. The van der Waals surface area contributed by atoms with Gasteiger partial charge in [0.2, 0.25) is 0 Å². The van der Waals surface area contributed by atoms with Crippen molar-refractivity contribution in [3.8, 4) is 5.75 Å². The SMILES string of the molecule is COc1ccc(C[C@@H]2[C@H](OC(=O)Cc3cccnc3)[C@@H](OC(=O)OC(C)(C)C)CN2C(=O)OC(C)(C)C)cc1. The van der Waals surface area contributed by atoms with Crippen molar-refractivity contribution in [2.45, 2.75) is 83.8 Å². The van der Waals surface area contributed by atoms with E-state index in [2.05, 4.69) is 4.98 Å². The third-order valence-electron chi connectivity index (χ3n) is 5.73. The van der Waals surface area contributed by atoms with Crippen LogP contribution >= 0.6 is 0 Å². The number of nitrogens with zero attached hydrogens (tertiary/aromatic N) is 2. The van der Waals surface area contributed by atoms with Crippen LogP contribution in [0.2, 0.25) is 0 Å². The number of methoxy groups -OCH3 is 1. The van der Waals surface area contributed by atoms with E-state index in [1.165, 1.54) is 4.90 Å². The number of carbonyl (C=O) groups is 3. The van der Waals surface area contributed by atoms with Gasteiger partial charge in [-0.05, 0) is 77.3 Å². The Kier molecular flexibility index (Phi) is 9.42. The summed E-state index contributed by atoms with van der Waals surface area (Å²) in [5.74, 6) is 0.135. The molecule has 0 N–H and O–H groups in total. The van der Waals surface area contributed by atoms with Gasteiger partial charge in [-0.3, -0.25) is 14.7 Å². The first-order chi connectivity index (χ1) is 18.2. The number of hydrogen-bond donors (Lipinski definition) is 0. The first kappa shape index (κ1) is 29.7. The highest BCUT2D eigenvalue weighted by Crippen LogP contribution is 2.30. The maximum Gasteiger partial charge on any atom is 0.509 e. The fourth-order valence-corrected chi connectivity index (χ4v) is 4.14. The molecule has 1 aliphatic rings. The quantitative estimate of drug-likeness (QED) is 0.362. The molecule has 0 unspecified atom stereocenters. The molecule has 3 rings (SSSR count). The van der Waals surface area contributed by atoms with E-state index >= 15 is 0 Å². The molecule has 0 spiro atoms. The van der Waals surface area contributed by atoms with Gasteiger partial charge in [0.15, 0.2) is 12.2 Å². The third-order valence-corrected chi connectivity index (χ3v) is 5.73. The molecule has 39 heavy (non-hydrogen) atoms. The van der Waals surface area contributed by atoms with Gasteiger partial charge in [0.05, 0.1) is 26.1 Å². The molecule has 1 aromatic carbocycles. The zero-order chi connectivity index (χ0) is 28.8. The van der Waals surface area contributed by atoms with Crippen LogP contribution in [0, 0.1) is 0 Å². The number of esters is 1. The molecular formula is C29H38N2O8. The van der Waals surface area contributed by atoms with E-state index in [4.69, 9.17) is 23.7 Å². The molecule has 1 fully saturated rings. The summed E-state index contributed by atoms with van der Waals surface area (Å²) in [7, 11) is 1.58. The molecule has 2 aromatic rings. The predicted octanol–water partition coefficient (Wildman–Crippen LogP) is 4.73. The van der Waals surface area contributed by atoms with Crippen LogP contribution in [0.1, 0.15) is 52.7 Å². The Labute approximate surface area is 229 Å². The molecule has 3 atom stereocenters. The van der Waals surface area contributed by atoms with E-state index in [1.54, 1.807) is 85.3 Å². The van der Waals surface area contributed by atoms with Crippen molar-refractivity contribution in [1.29, 1.82) is 0 Å². The minimum atomic E-state index is -0.978.